The summed E-state index contributed by atoms with van der Waals surface area (Å²) in [5.41, 5.74) is 2.02. The number of rotatable bonds is 0. The third-order valence-electron chi connectivity index (χ3n) is 2.05. The van der Waals surface area contributed by atoms with Crippen LogP contribution in [0.2, 0.25) is 0 Å². The molecule has 0 saturated carbocycles. The highest BCUT2D eigenvalue weighted by Crippen LogP contribution is 2.24. The van der Waals surface area contributed by atoms with E-state index in [1.807, 2.05) is 6.20 Å². The molecule has 1 aliphatic carbocycles. The van der Waals surface area contributed by atoms with Gasteiger partial charge in [-0.3, -0.25) is 4.79 Å². The molecule has 11 heavy (non-hydrogen) atoms. The number of nitrogens with one attached hydrogen (secondary N) is 1. The lowest BCUT2D eigenvalue weighted by atomic mass is 9.95. The zero-order valence-corrected chi connectivity index (χ0v) is 7.52. The number of hydrogen-bond acceptors (Lipinski definition) is 1. The number of aromatic amines is 1. The Morgan fingerprint density at radius 2 is 2.36 bits per heavy atom. The minimum atomic E-state index is 0.0331. The molecule has 2 rings (SSSR count). The van der Waals surface area contributed by atoms with Gasteiger partial charge in [-0.15, -0.1) is 0 Å². The molecule has 1 aliphatic rings. The van der Waals surface area contributed by atoms with Gasteiger partial charge in [0.25, 0.3) is 0 Å². The summed E-state index contributed by atoms with van der Waals surface area (Å²) < 4.78 is 0. The molecule has 1 heterocycles. The first kappa shape index (κ1) is 7.10. The second kappa shape index (κ2) is 2.48. The van der Waals surface area contributed by atoms with Gasteiger partial charge < -0.3 is 4.98 Å². The Bertz CT molecular complexity index is 292. The van der Waals surface area contributed by atoms with Gasteiger partial charge in [-0.1, -0.05) is 15.9 Å². The van der Waals surface area contributed by atoms with Crippen LogP contribution in [0.4, 0.5) is 0 Å². The standard InChI is InChI=1S/C8H8BrNO/c9-7-2-1-5-3-10-4-6(5)8(7)11/h3-4,7,10H,1-2H2. The van der Waals surface area contributed by atoms with Gasteiger partial charge in [0.2, 0.25) is 0 Å². The third-order valence-corrected chi connectivity index (χ3v) is 2.92. The van der Waals surface area contributed by atoms with Crippen LogP contribution >= 0.6 is 15.9 Å². The van der Waals surface area contributed by atoms with Crippen LogP contribution in [0.3, 0.4) is 0 Å². The summed E-state index contributed by atoms with van der Waals surface area (Å²) >= 11 is 3.34. The van der Waals surface area contributed by atoms with Crippen LogP contribution in [-0.4, -0.2) is 15.6 Å². The topological polar surface area (TPSA) is 32.9 Å². The van der Waals surface area contributed by atoms with E-state index in [0.717, 1.165) is 24.0 Å². The molecule has 0 spiro atoms. The van der Waals surface area contributed by atoms with Crippen molar-refractivity contribution >= 4 is 21.7 Å². The Morgan fingerprint density at radius 3 is 3.18 bits per heavy atom. The Hall–Kier alpha value is -0.570. The van der Waals surface area contributed by atoms with Crippen molar-refractivity contribution in [1.82, 2.24) is 4.98 Å². The number of fused-ring (bicyclic) bond motifs is 1. The van der Waals surface area contributed by atoms with Gasteiger partial charge >= 0.3 is 0 Å². The van der Waals surface area contributed by atoms with Crippen molar-refractivity contribution in [2.75, 3.05) is 0 Å². The highest BCUT2D eigenvalue weighted by atomic mass is 79.9. The highest BCUT2D eigenvalue weighted by Gasteiger charge is 2.25. The maximum absolute atomic E-state index is 11.4. The summed E-state index contributed by atoms with van der Waals surface area (Å²) in [5, 5.41) is 0. The minimum absolute atomic E-state index is 0.0331. The molecule has 0 amide bonds. The Labute approximate surface area is 73.1 Å². The van der Waals surface area contributed by atoms with E-state index in [1.165, 1.54) is 0 Å². The summed E-state index contributed by atoms with van der Waals surface area (Å²) in [6, 6.07) is 0. The third kappa shape index (κ3) is 1.03. The second-order valence-electron chi connectivity index (χ2n) is 2.76. The Balaban J connectivity index is 2.46. The van der Waals surface area contributed by atoms with Gasteiger partial charge in [-0.25, -0.2) is 0 Å². The number of aryl methyl sites for hydroxylation is 1. The van der Waals surface area contributed by atoms with E-state index in [2.05, 4.69) is 20.9 Å². The molecule has 0 fully saturated rings. The van der Waals surface area contributed by atoms with E-state index >= 15 is 0 Å². The van der Waals surface area contributed by atoms with E-state index in [4.69, 9.17) is 0 Å². The van der Waals surface area contributed by atoms with Crippen LogP contribution in [0, 0.1) is 0 Å². The van der Waals surface area contributed by atoms with E-state index in [0.29, 0.717) is 0 Å². The van der Waals surface area contributed by atoms with Crippen molar-refractivity contribution in [2.45, 2.75) is 17.7 Å². The summed E-state index contributed by atoms with van der Waals surface area (Å²) in [5.74, 6) is 0.215. The van der Waals surface area contributed by atoms with Gasteiger partial charge in [0.15, 0.2) is 5.78 Å². The van der Waals surface area contributed by atoms with E-state index in [1.54, 1.807) is 6.20 Å². The largest absolute Gasteiger partial charge is 0.367 e. The van der Waals surface area contributed by atoms with Crippen LogP contribution in [0.15, 0.2) is 12.4 Å². The molecule has 0 radical (unpaired) electrons. The van der Waals surface area contributed by atoms with E-state index < -0.39 is 0 Å². The first-order chi connectivity index (χ1) is 5.29. The molecule has 1 unspecified atom stereocenters. The van der Waals surface area contributed by atoms with Crippen LogP contribution in [0.1, 0.15) is 22.3 Å². The lowest BCUT2D eigenvalue weighted by Crippen LogP contribution is -2.20. The predicted molar refractivity (Wildman–Crippen MR) is 46.2 cm³/mol. The van der Waals surface area contributed by atoms with Crippen molar-refractivity contribution in [3.05, 3.63) is 23.5 Å². The quantitative estimate of drug-likeness (QED) is 0.657. The lowest BCUT2D eigenvalue weighted by molar-refractivity contribution is 0.0982. The molecule has 58 valence electrons. The zero-order chi connectivity index (χ0) is 7.84. The number of hydrogen-bond donors (Lipinski definition) is 1. The molecule has 0 bridgehead atoms. The van der Waals surface area contributed by atoms with Crippen molar-refractivity contribution in [3.63, 3.8) is 0 Å². The number of ketones is 1. The van der Waals surface area contributed by atoms with E-state index in [-0.39, 0.29) is 10.6 Å². The first-order valence-corrected chi connectivity index (χ1v) is 4.54. The number of Topliss-reactive ketones (excluding diaryl/α,β-unsaturated/α-hetero) is 1. The first-order valence-electron chi connectivity index (χ1n) is 3.63. The molecule has 0 aromatic carbocycles. The zero-order valence-electron chi connectivity index (χ0n) is 5.93. The fourth-order valence-electron chi connectivity index (χ4n) is 1.41. The Kier molecular flexibility index (Phi) is 1.60. The second-order valence-corrected chi connectivity index (χ2v) is 3.87. The fraction of sp³-hybridized carbons (Fsp3) is 0.375. The van der Waals surface area contributed by atoms with Gasteiger partial charge in [0.1, 0.15) is 0 Å². The smallest absolute Gasteiger partial charge is 0.178 e. The number of carbonyl (C=O) groups excluding carboxylic acids is 1. The van der Waals surface area contributed by atoms with E-state index in [9.17, 15) is 4.79 Å². The average Bonchev–Trinajstić information content (AvgIpc) is 2.45. The van der Waals surface area contributed by atoms with Crippen molar-refractivity contribution in [1.29, 1.82) is 0 Å². The SMILES string of the molecule is O=C1c2c[nH]cc2CCC1Br. The van der Waals surface area contributed by atoms with Crippen molar-refractivity contribution < 1.29 is 4.79 Å². The van der Waals surface area contributed by atoms with Crippen LogP contribution in [0.5, 0.6) is 0 Å². The van der Waals surface area contributed by atoms with Crippen LogP contribution in [0.25, 0.3) is 0 Å². The maximum atomic E-state index is 11.4. The number of halogens is 1. The summed E-state index contributed by atoms with van der Waals surface area (Å²) in [6.07, 6.45) is 5.61. The van der Waals surface area contributed by atoms with Gasteiger partial charge in [-0.2, -0.15) is 0 Å². The number of alkyl halides is 1. The number of carbonyl (C=O) groups is 1. The average molecular weight is 214 g/mol. The lowest BCUT2D eigenvalue weighted by Gasteiger charge is -2.14. The number of H-pyrrole nitrogens is 1. The molecule has 1 aromatic rings. The molecular formula is C8H8BrNO. The van der Waals surface area contributed by atoms with Gasteiger partial charge in [0.05, 0.1) is 4.83 Å². The van der Waals surface area contributed by atoms with Gasteiger partial charge in [-0.05, 0) is 18.4 Å². The van der Waals surface area contributed by atoms with Crippen molar-refractivity contribution in [2.24, 2.45) is 0 Å². The molecular weight excluding hydrogens is 206 g/mol. The molecule has 1 N–H and O–H groups in total. The monoisotopic (exact) mass is 213 g/mol. The Morgan fingerprint density at radius 1 is 1.55 bits per heavy atom. The summed E-state index contributed by atoms with van der Waals surface area (Å²) in [6.45, 7) is 0. The molecule has 0 aliphatic heterocycles. The fourth-order valence-corrected chi connectivity index (χ4v) is 1.89. The predicted octanol–water partition coefficient (Wildman–Crippen LogP) is 1.91. The molecule has 0 saturated heterocycles. The number of aromatic nitrogens is 1. The minimum Gasteiger partial charge on any atom is -0.367 e. The molecule has 2 nitrogen and oxygen atoms in total. The van der Waals surface area contributed by atoms with Crippen LogP contribution in [-0.2, 0) is 6.42 Å². The van der Waals surface area contributed by atoms with Crippen molar-refractivity contribution in [3.8, 4) is 0 Å². The molecule has 3 heteroatoms. The summed E-state index contributed by atoms with van der Waals surface area (Å²) in [7, 11) is 0. The molecule has 1 atom stereocenters. The highest BCUT2D eigenvalue weighted by molar-refractivity contribution is 9.10. The maximum Gasteiger partial charge on any atom is 0.178 e. The normalized spacial score (nSPS) is 23.4. The molecule has 1 aromatic heterocycles. The van der Waals surface area contributed by atoms with Gasteiger partial charge in [0, 0.05) is 18.0 Å². The van der Waals surface area contributed by atoms with Crippen LogP contribution < -0.4 is 0 Å². The summed E-state index contributed by atoms with van der Waals surface area (Å²) in [4.78, 5) is 14.4.